The summed E-state index contributed by atoms with van der Waals surface area (Å²) in [5.74, 6) is 0.104. The zero-order valence-corrected chi connectivity index (χ0v) is 25.5. The van der Waals surface area contributed by atoms with Crippen molar-refractivity contribution in [3.05, 3.63) is 76.1 Å². The molecule has 1 aromatic heterocycles. The van der Waals surface area contributed by atoms with Crippen molar-refractivity contribution >= 4 is 16.7 Å². The van der Waals surface area contributed by atoms with Gasteiger partial charge in [0.2, 0.25) is 0 Å². The van der Waals surface area contributed by atoms with Crippen molar-refractivity contribution in [2.24, 2.45) is 10.8 Å². The largest absolute Gasteiger partial charge is 0.512 e. The third-order valence-electron chi connectivity index (χ3n) is 5.90. The van der Waals surface area contributed by atoms with E-state index in [1.807, 2.05) is 41.5 Å². The summed E-state index contributed by atoms with van der Waals surface area (Å²) in [4.78, 5) is 16.4. The Morgan fingerprint density at radius 3 is 2.03 bits per heavy atom. The number of nitrogens with zero attached hydrogens (tertiary/aromatic N) is 1. The van der Waals surface area contributed by atoms with Gasteiger partial charge in [-0.25, -0.2) is 0 Å². The molecule has 1 radical (unpaired) electrons. The van der Waals surface area contributed by atoms with Gasteiger partial charge in [-0.1, -0.05) is 86.1 Å². The Bertz CT molecular complexity index is 1240. The van der Waals surface area contributed by atoms with Gasteiger partial charge in [-0.3, -0.25) is 9.78 Å². The molecule has 0 aliphatic heterocycles. The molecule has 0 atom stereocenters. The van der Waals surface area contributed by atoms with Gasteiger partial charge < -0.3 is 5.11 Å². The topological polar surface area (TPSA) is 50.2 Å². The van der Waals surface area contributed by atoms with E-state index >= 15 is 0 Å². The summed E-state index contributed by atoms with van der Waals surface area (Å²) in [7, 11) is 0. The number of rotatable bonds is 2. The molecule has 2 aromatic carbocycles. The summed E-state index contributed by atoms with van der Waals surface area (Å²) < 4.78 is 0. The molecular weight excluding hydrogens is 611 g/mol. The van der Waals surface area contributed by atoms with E-state index in [1.165, 1.54) is 39.3 Å². The fraction of sp³-hybridized carbons (Fsp3) is 0.419. The predicted molar refractivity (Wildman–Crippen MR) is 144 cm³/mol. The maximum absolute atomic E-state index is 11.5. The second-order valence-corrected chi connectivity index (χ2v) is 11.4. The second kappa shape index (κ2) is 11.6. The number of benzene rings is 2. The van der Waals surface area contributed by atoms with Crippen LogP contribution in [-0.4, -0.2) is 15.9 Å². The Labute approximate surface area is 225 Å². The van der Waals surface area contributed by atoms with Crippen LogP contribution >= 0.6 is 0 Å². The number of aliphatic hydroxyl groups excluding tert-OH is 1. The Balaban J connectivity index is 0.000000383. The van der Waals surface area contributed by atoms with Crippen molar-refractivity contribution < 1.29 is 30.0 Å². The monoisotopic (exact) mass is 651 g/mol. The molecule has 3 aromatic rings. The third-order valence-corrected chi connectivity index (χ3v) is 5.90. The summed E-state index contributed by atoms with van der Waals surface area (Å²) in [6, 6.07) is 14.3. The number of aromatic nitrogens is 1. The predicted octanol–water partition coefficient (Wildman–Crippen LogP) is 8.33. The minimum absolute atomic E-state index is 0. The SMILES string of the molecule is CC(C)(C)C(=O)/C=C(\O)C(C)(C)C.Cc1[c-]c(-c2nc3cc(C)ccc3cc2C)c(C)c(C)c1.[Ir]. The molecule has 0 spiro atoms. The summed E-state index contributed by atoms with van der Waals surface area (Å²) in [6.07, 6.45) is 1.33. The molecule has 0 saturated carbocycles. The molecule has 1 N–H and O–H groups in total. The number of ketones is 1. The van der Waals surface area contributed by atoms with E-state index in [-0.39, 0.29) is 37.1 Å². The number of hydrogen-bond donors (Lipinski definition) is 1. The molecule has 0 unspecified atom stereocenters. The Hall–Kier alpha value is -2.29. The molecule has 0 aliphatic rings. The van der Waals surface area contributed by atoms with Gasteiger partial charge in [0.05, 0.1) is 5.52 Å². The molecular formula is C31H40IrNO2-. The number of carbonyl (C=O) groups is 1. The van der Waals surface area contributed by atoms with Crippen molar-refractivity contribution in [1.29, 1.82) is 0 Å². The summed E-state index contributed by atoms with van der Waals surface area (Å²) in [6.45, 7) is 21.8. The quantitative estimate of drug-likeness (QED) is 0.172. The molecule has 0 aliphatic carbocycles. The van der Waals surface area contributed by atoms with Crippen molar-refractivity contribution in [2.75, 3.05) is 0 Å². The smallest absolute Gasteiger partial charge is 0.164 e. The fourth-order valence-corrected chi connectivity index (χ4v) is 3.39. The van der Waals surface area contributed by atoms with Crippen LogP contribution in [0.1, 0.15) is 69.4 Å². The maximum atomic E-state index is 11.5. The van der Waals surface area contributed by atoms with Gasteiger partial charge in [-0.05, 0) is 36.6 Å². The van der Waals surface area contributed by atoms with Crippen LogP contribution in [0.4, 0.5) is 0 Å². The van der Waals surface area contributed by atoms with Gasteiger partial charge in [-0.15, -0.1) is 34.4 Å². The first-order chi connectivity index (χ1) is 15.5. The average molecular weight is 651 g/mol. The van der Waals surface area contributed by atoms with Crippen molar-refractivity contribution in [1.82, 2.24) is 4.98 Å². The number of hydrogen-bond acceptors (Lipinski definition) is 3. The molecule has 35 heavy (non-hydrogen) atoms. The summed E-state index contributed by atoms with van der Waals surface area (Å²) in [5, 5.41) is 10.8. The van der Waals surface area contributed by atoms with Crippen molar-refractivity contribution in [3.8, 4) is 11.3 Å². The number of aliphatic hydroxyl groups is 1. The van der Waals surface area contributed by atoms with Gasteiger partial charge in [0.25, 0.3) is 0 Å². The molecule has 191 valence electrons. The van der Waals surface area contributed by atoms with E-state index in [0.717, 1.165) is 16.8 Å². The number of allylic oxidation sites excluding steroid dienone is 2. The van der Waals surface area contributed by atoms with Gasteiger partial charge in [-0.2, -0.15) is 0 Å². The Morgan fingerprint density at radius 1 is 0.886 bits per heavy atom. The molecule has 0 bridgehead atoms. The third kappa shape index (κ3) is 8.12. The zero-order chi connectivity index (χ0) is 26.0. The van der Waals surface area contributed by atoms with E-state index in [4.69, 9.17) is 4.98 Å². The molecule has 4 heteroatoms. The van der Waals surface area contributed by atoms with Crippen LogP contribution in [0.3, 0.4) is 0 Å². The van der Waals surface area contributed by atoms with Crippen LogP contribution in [0.5, 0.6) is 0 Å². The average Bonchev–Trinajstić information content (AvgIpc) is 2.69. The van der Waals surface area contributed by atoms with Crippen LogP contribution in [0, 0.1) is 51.5 Å². The molecule has 3 rings (SSSR count). The van der Waals surface area contributed by atoms with Gasteiger partial charge >= 0.3 is 0 Å². The molecule has 0 saturated heterocycles. The van der Waals surface area contributed by atoms with Crippen molar-refractivity contribution in [3.63, 3.8) is 0 Å². The van der Waals surface area contributed by atoms with E-state index in [1.54, 1.807) is 0 Å². The molecule has 0 amide bonds. The number of aryl methyl sites for hydroxylation is 4. The van der Waals surface area contributed by atoms with E-state index in [2.05, 4.69) is 71.0 Å². The summed E-state index contributed by atoms with van der Waals surface area (Å²) >= 11 is 0. The van der Waals surface area contributed by atoms with Crippen LogP contribution < -0.4 is 0 Å². The minimum atomic E-state index is -0.417. The van der Waals surface area contributed by atoms with Crippen molar-refractivity contribution in [2.45, 2.75) is 76.2 Å². The fourth-order valence-electron chi connectivity index (χ4n) is 3.39. The normalized spacial score (nSPS) is 12.0. The Kier molecular flexibility index (Phi) is 10.2. The maximum Gasteiger partial charge on any atom is 0.164 e. The molecule has 3 nitrogen and oxygen atoms in total. The molecule has 1 heterocycles. The standard InChI is InChI=1S/C20H20N.C11H20O2.Ir/c1-12-6-7-17-11-15(4)20(21-19(17)10-12)18-9-13(2)8-14(3)16(18)5;1-10(2,3)8(12)7-9(13)11(4,5)6;/h6-8,10-11H,1-5H3;7,12H,1-6H3;/q-1;;/b;8-7-;. The number of fused-ring (bicyclic) bond motifs is 1. The van der Waals surface area contributed by atoms with E-state index in [0.29, 0.717) is 0 Å². The number of pyridine rings is 1. The van der Waals surface area contributed by atoms with Gasteiger partial charge in [0.15, 0.2) is 5.78 Å². The Morgan fingerprint density at radius 2 is 1.49 bits per heavy atom. The van der Waals surface area contributed by atoms with E-state index < -0.39 is 5.41 Å². The van der Waals surface area contributed by atoms with Crippen LogP contribution in [0.15, 0.2) is 42.2 Å². The first-order valence-electron chi connectivity index (χ1n) is 11.8. The molecule has 0 fully saturated rings. The van der Waals surface area contributed by atoms with Crippen LogP contribution in [0.2, 0.25) is 0 Å². The second-order valence-electron chi connectivity index (χ2n) is 11.4. The zero-order valence-electron chi connectivity index (χ0n) is 23.1. The van der Waals surface area contributed by atoms with Gasteiger partial charge in [0, 0.05) is 37.0 Å². The summed E-state index contributed by atoms with van der Waals surface area (Å²) in [5.41, 5.74) is 8.66. The first kappa shape index (κ1) is 30.7. The first-order valence-corrected chi connectivity index (χ1v) is 11.8. The number of carbonyl (C=O) groups excluding carboxylic acids is 1. The minimum Gasteiger partial charge on any atom is -0.512 e. The van der Waals surface area contributed by atoms with E-state index in [9.17, 15) is 9.90 Å². The van der Waals surface area contributed by atoms with Crippen LogP contribution in [0.25, 0.3) is 22.2 Å². The van der Waals surface area contributed by atoms with Crippen LogP contribution in [-0.2, 0) is 24.9 Å². The van der Waals surface area contributed by atoms with Gasteiger partial charge in [0.1, 0.15) is 5.76 Å².